The monoisotopic (exact) mass is 1820 g/mol. The first kappa shape index (κ1) is 102. The van der Waals surface area contributed by atoms with Gasteiger partial charge in [-0.15, -0.1) is 0 Å². The number of carbonyl (C=O) groups excluding carboxylic acids is 16. The zero-order chi connectivity index (χ0) is 96.1. The molecular formula is C82H104N20O28. The van der Waals surface area contributed by atoms with Crippen LogP contribution in [0.3, 0.4) is 0 Å². The summed E-state index contributed by atoms with van der Waals surface area (Å²) in [6, 6.07) is -4.22. The highest BCUT2D eigenvalue weighted by Crippen LogP contribution is 2.25. The molecule has 48 heteroatoms. The van der Waals surface area contributed by atoms with Crippen LogP contribution >= 0.6 is 0 Å². The number of aromatic amines is 3. The van der Waals surface area contributed by atoms with Crippen molar-refractivity contribution in [3.05, 3.63) is 108 Å². The Balaban J connectivity index is 1.03. The fourth-order valence-corrected chi connectivity index (χ4v) is 14.1. The molecule has 0 saturated carbocycles. The molecule has 3 aromatic carbocycles. The number of aromatic nitrogens is 3. The molecule has 1 aliphatic heterocycles. The maximum atomic E-state index is 14.7. The number of fused-ring (bicyclic) bond motifs is 3. The molecule has 16 amide bonds. The quantitative estimate of drug-likeness (QED) is 0.0169. The average Bonchev–Trinajstić information content (AvgIpc) is 1.68. The van der Waals surface area contributed by atoms with E-state index in [1.54, 1.807) is 79.0 Å². The van der Waals surface area contributed by atoms with Gasteiger partial charge in [0.15, 0.2) is 0 Å². The molecule has 0 unspecified atom stereocenters. The van der Waals surface area contributed by atoms with Crippen molar-refractivity contribution >= 4 is 163 Å². The van der Waals surface area contributed by atoms with Crippen LogP contribution in [0.15, 0.2) is 91.4 Å². The number of hydrogen-bond donors (Lipinski definition) is 25. The Morgan fingerprint density at radius 3 is 1.18 bits per heavy atom. The second-order valence-electron chi connectivity index (χ2n) is 31.2. The smallest absolute Gasteiger partial charge is 0.326 e. The Labute approximate surface area is 738 Å². The van der Waals surface area contributed by atoms with E-state index in [9.17, 15) is 131 Å². The highest BCUT2D eigenvalue weighted by atomic mass is 16.4. The summed E-state index contributed by atoms with van der Waals surface area (Å²) >= 11 is 0. The number of amides is 16. The number of aliphatic carboxylic acids is 6. The zero-order valence-corrected chi connectivity index (χ0v) is 70.7. The van der Waals surface area contributed by atoms with E-state index < -0.39 is 304 Å². The molecule has 28 N–H and O–H groups in total. The van der Waals surface area contributed by atoms with Gasteiger partial charge in [0, 0.05) is 96.4 Å². The first-order valence-corrected chi connectivity index (χ1v) is 40.9. The van der Waals surface area contributed by atoms with Crippen molar-refractivity contribution in [3.63, 3.8) is 0 Å². The largest absolute Gasteiger partial charge is 0.481 e. The van der Waals surface area contributed by atoms with Crippen molar-refractivity contribution in [2.75, 3.05) is 13.1 Å². The lowest BCUT2D eigenvalue weighted by Gasteiger charge is -2.29. The van der Waals surface area contributed by atoms with Gasteiger partial charge >= 0.3 is 35.8 Å². The molecule has 0 aliphatic carbocycles. The van der Waals surface area contributed by atoms with Crippen molar-refractivity contribution < 1.29 is 136 Å². The number of hydrogen-bond acceptors (Lipinski definition) is 23. The SMILES string of the molecule is CC(C)[C@H](NC(=O)[C@H](Cc1c[nH]c2ccccc12)NC(=O)[C@H](CC(N)=O)NC(=O)CNC(=O)[C@H](Cc1c[nH]c2ccccc12)NC(=O)[C@H](CCC(=O)O)NC(=O)[C@H](CCC(=O)O)NC(=O)[C@H](C)NC(=O)[C@@H]1CCCN1C(=O)[C@H](C)NC(=O)[C@H](CC(N)=O)NC(=O)[C@H](Cc1c[nH]c2ccccc12)NC(=O)[C@@H](N)CC(=O)O)C(=O)N[C@@H](CC(=O)O)C(=O)N[C@@H](CCC(=O)O)C(=O)O. The number of H-pyrrole nitrogens is 3. The number of nitrogens with one attached hydrogen (secondary N) is 16. The molecule has 130 heavy (non-hydrogen) atoms. The van der Waals surface area contributed by atoms with E-state index in [1.165, 1.54) is 33.2 Å². The third-order valence-corrected chi connectivity index (χ3v) is 20.8. The normalized spacial score (nSPS) is 15.3. The maximum Gasteiger partial charge on any atom is 0.326 e. The molecular weight excluding hydrogens is 1710 g/mol. The summed E-state index contributed by atoms with van der Waals surface area (Å²) in [5, 5.41) is 89.3. The number of nitrogens with zero attached hydrogens (tertiary/aromatic N) is 1. The van der Waals surface area contributed by atoms with E-state index in [0.29, 0.717) is 49.4 Å². The van der Waals surface area contributed by atoms with Crippen LogP contribution in [0.5, 0.6) is 0 Å². The van der Waals surface area contributed by atoms with Crippen LogP contribution in [0.25, 0.3) is 32.7 Å². The highest BCUT2D eigenvalue weighted by molar-refractivity contribution is 6.03. The summed E-state index contributed by atoms with van der Waals surface area (Å²) < 4.78 is 0. The van der Waals surface area contributed by atoms with Gasteiger partial charge in [-0.25, -0.2) is 4.79 Å². The molecule has 4 heterocycles. The van der Waals surface area contributed by atoms with Gasteiger partial charge in [0.05, 0.1) is 38.3 Å². The predicted molar refractivity (Wildman–Crippen MR) is 451 cm³/mol. The summed E-state index contributed by atoms with van der Waals surface area (Å²) in [6.45, 7) is 4.03. The number of nitrogens with two attached hydrogens (primary N) is 3. The summed E-state index contributed by atoms with van der Waals surface area (Å²) in [5.41, 5.74) is 19.8. The summed E-state index contributed by atoms with van der Waals surface area (Å²) in [4.78, 5) is 304. The van der Waals surface area contributed by atoms with E-state index in [2.05, 4.69) is 78.8 Å². The molecule has 0 bridgehead atoms. The molecule has 14 atom stereocenters. The minimum absolute atomic E-state index is 0.0220. The topological polar surface area (TPSA) is 782 Å². The minimum Gasteiger partial charge on any atom is -0.481 e. The highest BCUT2D eigenvalue weighted by Gasteiger charge is 2.42. The van der Waals surface area contributed by atoms with Crippen LogP contribution < -0.4 is 86.3 Å². The van der Waals surface area contributed by atoms with Gasteiger partial charge in [-0.05, 0) is 86.8 Å². The Hall–Kier alpha value is -15.4. The number of para-hydroxylation sites is 3. The Bertz CT molecular complexity index is 5280. The number of likely N-dealkylation sites (tertiary alicyclic amines) is 1. The fraction of sp³-hybridized carbons (Fsp3) is 0.439. The molecule has 1 aliphatic rings. The predicted octanol–water partition coefficient (Wildman–Crippen LogP) is -5.51. The van der Waals surface area contributed by atoms with Crippen LogP contribution in [0.2, 0.25) is 0 Å². The lowest BCUT2D eigenvalue weighted by atomic mass is 9.99. The fourth-order valence-electron chi connectivity index (χ4n) is 14.1. The number of carbonyl (C=O) groups is 22. The van der Waals surface area contributed by atoms with E-state index in [-0.39, 0.29) is 25.8 Å². The molecule has 1 saturated heterocycles. The lowest BCUT2D eigenvalue weighted by molar-refractivity contribution is -0.144. The molecule has 1 fully saturated rings. The first-order valence-electron chi connectivity index (χ1n) is 40.9. The second-order valence-corrected chi connectivity index (χ2v) is 31.2. The maximum absolute atomic E-state index is 14.7. The van der Waals surface area contributed by atoms with Gasteiger partial charge in [-0.2, -0.15) is 0 Å². The number of primary amides is 2. The number of benzene rings is 3. The molecule has 700 valence electrons. The van der Waals surface area contributed by atoms with Gasteiger partial charge in [0.25, 0.3) is 0 Å². The van der Waals surface area contributed by atoms with Gasteiger partial charge < -0.3 is 137 Å². The van der Waals surface area contributed by atoms with Crippen molar-refractivity contribution in [3.8, 4) is 0 Å². The minimum atomic E-state index is -2.01. The standard InChI is InChI=1S/C82H104N20O28/c1-37(2)68(80(127)100-58(32-67(114)115)77(124)95-52(82(129)130)21-24-65(110)111)101-78(125)55(28-42-35-88-49-17-10-7-14-45(42)49)98-76(123)56(30-60(84)103)92-62(105)36-89-71(118)53(26-40-33-86-47-15-8-5-12-43(40)47)97-73(120)51(20-23-64(108)109)94-72(119)50(19-22-63(106)107)93-69(116)38(3)90-79(126)59-18-11-25-102(59)81(128)39(4)91-74(121)57(31-61(85)104)99-75(122)54(96-70(117)46(83)29-66(112)113)27-41-34-87-48-16-9-6-13-44(41)48/h5-10,12-17,33-35,37-39,46,50-59,68,86-88H,11,18-32,36,83H2,1-4H3,(H2,84,103)(H2,85,104)(H,89,118)(H,90,126)(H,91,121)(H,92,105)(H,93,116)(H,94,119)(H,95,124)(H,96,117)(H,97,120)(H,98,123)(H,99,122)(H,100,127)(H,101,125)(H,106,107)(H,108,109)(H,110,111)(H,112,113)(H,114,115)(H,129,130)/t38-,39-,46-,50-,51-,52-,53-,54-,55-,56-,57-,58-,59-,68-/m0/s1. The van der Waals surface area contributed by atoms with Gasteiger partial charge in [-0.3, -0.25) is 101 Å². The Morgan fingerprint density at radius 1 is 0.385 bits per heavy atom. The average molecular weight is 1820 g/mol. The van der Waals surface area contributed by atoms with Crippen LogP contribution in [0, 0.1) is 5.92 Å². The third kappa shape index (κ3) is 30.4. The molecule has 0 spiro atoms. The molecule has 6 aromatic rings. The van der Waals surface area contributed by atoms with E-state index in [1.807, 2.05) is 5.32 Å². The number of carboxylic acids is 6. The van der Waals surface area contributed by atoms with Crippen molar-refractivity contribution in [1.29, 1.82) is 0 Å². The summed E-state index contributed by atoms with van der Waals surface area (Å²) in [5.74, 6) is -28.6. The van der Waals surface area contributed by atoms with Gasteiger partial charge in [-0.1, -0.05) is 68.4 Å². The summed E-state index contributed by atoms with van der Waals surface area (Å²) in [6.07, 6.45) is -4.77. The van der Waals surface area contributed by atoms with Crippen LogP contribution in [0.4, 0.5) is 0 Å². The zero-order valence-electron chi connectivity index (χ0n) is 70.7. The van der Waals surface area contributed by atoms with E-state index >= 15 is 0 Å². The van der Waals surface area contributed by atoms with Gasteiger partial charge in [0.1, 0.15) is 78.5 Å². The number of carboxylic acid groups (broad SMARTS) is 6. The Kier molecular flexibility index (Phi) is 37.4. The number of rotatable bonds is 52. The molecule has 48 nitrogen and oxygen atoms in total. The first-order chi connectivity index (χ1) is 61.4. The molecule has 7 rings (SSSR count). The molecule has 3 aromatic heterocycles. The summed E-state index contributed by atoms with van der Waals surface area (Å²) in [7, 11) is 0. The lowest BCUT2D eigenvalue weighted by Crippen LogP contribution is -2.61. The second kappa shape index (κ2) is 47.8. The van der Waals surface area contributed by atoms with Gasteiger partial charge in [0.2, 0.25) is 94.5 Å². The van der Waals surface area contributed by atoms with E-state index in [0.717, 1.165) is 11.8 Å². The van der Waals surface area contributed by atoms with Crippen molar-refractivity contribution in [1.82, 2.24) is 89.0 Å². The van der Waals surface area contributed by atoms with Crippen LogP contribution in [-0.2, 0) is 125 Å². The third-order valence-electron chi connectivity index (χ3n) is 20.8. The van der Waals surface area contributed by atoms with Crippen LogP contribution in [-0.4, -0.2) is 278 Å². The van der Waals surface area contributed by atoms with Crippen molar-refractivity contribution in [2.45, 2.75) is 209 Å². The van der Waals surface area contributed by atoms with Crippen LogP contribution in [0.1, 0.15) is 121 Å². The Morgan fingerprint density at radius 2 is 0.746 bits per heavy atom. The van der Waals surface area contributed by atoms with E-state index in [4.69, 9.17) is 22.3 Å². The van der Waals surface area contributed by atoms with Crippen molar-refractivity contribution in [2.24, 2.45) is 23.1 Å². The molecule has 0 radical (unpaired) electrons.